The fourth-order valence-corrected chi connectivity index (χ4v) is 5.54. The van der Waals surface area contributed by atoms with Crippen LogP contribution >= 0.6 is 11.8 Å². The van der Waals surface area contributed by atoms with E-state index >= 15 is 0 Å². The third kappa shape index (κ3) is 4.60. The zero-order valence-corrected chi connectivity index (χ0v) is 21.3. The molecule has 0 aliphatic rings. The molecule has 2 aromatic heterocycles. The van der Waals surface area contributed by atoms with E-state index in [9.17, 15) is 13.2 Å². The smallest absolute Gasteiger partial charge is 0.242 e. The molecular formula is C25H24N6O3S2. The number of carbonyl (C=O) groups excluding carboxylic acids is 1. The molecule has 0 unspecified atom stereocenters. The SMILES string of the molecule is CN(C)S(=O)(=O)c1ccc(NC(=O)CSc2nnc3n(Cc4ccccc4)c4ccccc4n23)cc1. The molecule has 1 N–H and O–H groups in total. The lowest BCUT2D eigenvalue weighted by molar-refractivity contribution is -0.113. The van der Waals surface area contributed by atoms with E-state index in [0.29, 0.717) is 23.2 Å². The lowest BCUT2D eigenvalue weighted by Crippen LogP contribution is -2.22. The summed E-state index contributed by atoms with van der Waals surface area (Å²) in [5, 5.41) is 12.2. The van der Waals surface area contributed by atoms with Crippen LogP contribution in [-0.4, -0.2) is 57.6 Å². The van der Waals surface area contributed by atoms with Crippen molar-refractivity contribution in [2.24, 2.45) is 0 Å². The van der Waals surface area contributed by atoms with Gasteiger partial charge in [-0.1, -0.05) is 54.2 Å². The second-order valence-electron chi connectivity index (χ2n) is 8.33. The molecule has 0 saturated heterocycles. The van der Waals surface area contributed by atoms with E-state index in [1.165, 1.54) is 38.0 Å². The van der Waals surface area contributed by atoms with Gasteiger partial charge in [0.1, 0.15) is 0 Å². The molecule has 0 aliphatic carbocycles. The van der Waals surface area contributed by atoms with Crippen molar-refractivity contribution < 1.29 is 13.2 Å². The normalized spacial score (nSPS) is 12.0. The molecule has 0 aliphatic heterocycles. The van der Waals surface area contributed by atoms with Gasteiger partial charge >= 0.3 is 0 Å². The number of amides is 1. The van der Waals surface area contributed by atoms with E-state index in [1.807, 2.05) is 46.9 Å². The molecular weight excluding hydrogens is 496 g/mol. The Balaban J connectivity index is 1.34. The highest BCUT2D eigenvalue weighted by Gasteiger charge is 2.19. The summed E-state index contributed by atoms with van der Waals surface area (Å²) >= 11 is 1.29. The number of imidazole rings is 1. The summed E-state index contributed by atoms with van der Waals surface area (Å²) < 4.78 is 29.7. The van der Waals surface area contributed by atoms with Crippen LogP contribution in [0.15, 0.2) is 88.9 Å². The van der Waals surface area contributed by atoms with Crippen LogP contribution in [0.1, 0.15) is 5.56 Å². The van der Waals surface area contributed by atoms with Gasteiger partial charge in [0.05, 0.1) is 28.2 Å². The van der Waals surface area contributed by atoms with Gasteiger partial charge in [0.25, 0.3) is 0 Å². The predicted octanol–water partition coefficient (Wildman–Crippen LogP) is 3.71. The third-order valence-corrected chi connectivity index (χ3v) is 8.46. The van der Waals surface area contributed by atoms with Crippen molar-refractivity contribution in [3.8, 4) is 0 Å². The Morgan fingerprint density at radius 3 is 2.28 bits per heavy atom. The fourth-order valence-electron chi connectivity index (χ4n) is 3.90. The standard InChI is InChI=1S/C25H24N6O3S2/c1-29(2)36(33,34)20-14-12-19(13-15-20)26-23(32)17-35-25-28-27-24-30(16-18-8-4-3-5-9-18)21-10-6-7-11-22(21)31(24)25/h3-15H,16-17H2,1-2H3,(H,26,32). The molecule has 2 heterocycles. The van der Waals surface area contributed by atoms with Crippen LogP contribution in [0.4, 0.5) is 5.69 Å². The number of rotatable bonds is 8. The zero-order valence-electron chi connectivity index (χ0n) is 19.7. The number of nitrogens with one attached hydrogen (secondary N) is 1. The largest absolute Gasteiger partial charge is 0.325 e. The summed E-state index contributed by atoms with van der Waals surface area (Å²) in [6.45, 7) is 0.653. The number of aromatic nitrogens is 4. The molecule has 0 saturated carbocycles. The maximum Gasteiger partial charge on any atom is 0.242 e. The molecule has 0 fully saturated rings. The Bertz CT molecular complexity index is 1640. The number of anilines is 1. The van der Waals surface area contributed by atoms with Gasteiger partial charge in [0.15, 0.2) is 5.16 Å². The number of fused-ring (bicyclic) bond motifs is 3. The summed E-state index contributed by atoms with van der Waals surface area (Å²) in [5.74, 6) is 0.602. The number of thioether (sulfide) groups is 1. The number of carbonyl (C=O) groups is 1. The predicted molar refractivity (Wildman–Crippen MR) is 141 cm³/mol. The molecule has 0 radical (unpaired) electrons. The minimum absolute atomic E-state index is 0.122. The monoisotopic (exact) mass is 520 g/mol. The molecule has 5 rings (SSSR count). The molecule has 184 valence electrons. The van der Waals surface area contributed by atoms with Crippen molar-refractivity contribution >= 4 is 50.2 Å². The van der Waals surface area contributed by atoms with Crippen molar-refractivity contribution in [1.82, 2.24) is 23.5 Å². The number of benzene rings is 3. The average Bonchev–Trinajstić information content (AvgIpc) is 3.43. The Morgan fingerprint density at radius 1 is 0.917 bits per heavy atom. The van der Waals surface area contributed by atoms with Gasteiger partial charge in [0.2, 0.25) is 21.7 Å². The zero-order chi connectivity index (χ0) is 25.3. The minimum Gasteiger partial charge on any atom is -0.325 e. The molecule has 36 heavy (non-hydrogen) atoms. The Kier molecular flexibility index (Phi) is 6.52. The van der Waals surface area contributed by atoms with Crippen molar-refractivity contribution in [3.63, 3.8) is 0 Å². The molecule has 3 aromatic carbocycles. The number of para-hydroxylation sites is 2. The molecule has 9 nitrogen and oxygen atoms in total. The van der Waals surface area contributed by atoms with Crippen molar-refractivity contribution in [2.75, 3.05) is 25.2 Å². The van der Waals surface area contributed by atoms with Crippen LogP contribution in [0.3, 0.4) is 0 Å². The highest BCUT2D eigenvalue weighted by atomic mass is 32.2. The van der Waals surface area contributed by atoms with Gasteiger partial charge in [-0.15, -0.1) is 10.2 Å². The van der Waals surface area contributed by atoms with Crippen LogP contribution in [0, 0.1) is 0 Å². The highest BCUT2D eigenvalue weighted by molar-refractivity contribution is 7.99. The summed E-state index contributed by atoms with van der Waals surface area (Å²) in [6.07, 6.45) is 0. The Labute approximate surface area is 212 Å². The van der Waals surface area contributed by atoms with E-state index in [1.54, 1.807) is 12.1 Å². The van der Waals surface area contributed by atoms with E-state index in [2.05, 4.69) is 32.2 Å². The third-order valence-electron chi connectivity index (χ3n) is 5.70. The van der Waals surface area contributed by atoms with E-state index in [0.717, 1.165) is 20.9 Å². The van der Waals surface area contributed by atoms with Crippen LogP contribution in [0.25, 0.3) is 16.8 Å². The van der Waals surface area contributed by atoms with Crippen LogP contribution in [0.2, 0.25) is 0 Å². The highest BCUT2D eigenvalue weighted by Crippen LogP contribution is 2.27. The van der Waals surface area contributed by atoms with Crippen LogP contribution < -0.4 is 5.32 Å². The molecule has 1 amide bonds. The second kappa shape index (κ2) is 9.76. The Hall–Kier alpha value is -3.67. The number of nitrogens with zero attached hydrogens (tertiary/aromatic N) is 5. The van der Waals surface area contributed by atoms with E-state index in [4.69, 9.17) is 0 Å². The number of sulfonamides is 1. The van der Waals surface area contributed by atoms with E-state index < -0.39 is 10.0 Å². The van der Waals surface area contributed by atoms with Gasteiger partial charge in [-0.25, -0.2) is 12.7 Å². The van der Waals surface area contributed by atoms with Gasteiger partial charge in [-0.05, 0) is 42.0 Å². The average molecular weight is 521 g/mol. The first-order valence-electron chi connectivity index (χ1n) is 11.2. The molecule has 0 spiro atoms. The lowest BCUT2D eigenvalue weighted by atomic mass is 10.2. The van der Waals surface area contributed by atoms with Crippen molar-refractivity contribution in [3.05, 3.63) is 84.4 Å². The molecule has 0 bridgehead atoms. The van der Waals surface area contributed by atoms with Gasteiger partial charge in [0, 0.05) is 19.8 Å². The molecule has 0 atom stereocenters. The van der Waals surface area contributed by atoms with Gasteiger partial charge in [-0.3, -0.25) is 9.20 Å². The lowest BCUT2D eigenvalue weighted by Gasteiger charge is -2.12. The topological polar surface area (TPSA) is 102 Å². The second-order valence-corrected chi connectivity index (χ2v) is 11.4. The minimum atomic E-state index is -3.52. The summed E-state index contributed by atoms with van der Waals surface area (Å²) in [7, 11) is -0.572. The van der Waals surface area contributed by atoms with Gasteiger partial charge in [-0.2, -0.15) is 0 Å². The Morgan fingerprint density at radius 2 is 1.58 bits per heavy atom. The van der Waals surface area contributed by atoms with E-state index in [-0.39, 0.29) is 16.6 Å². The summed E-state index contributed by atoms with van der Waals surface area (Å²) in [5.41, 5.74) is 3.67. The first-order chi connectivity index (χ1) is 17.3. The summed E-state index contributed by atoms with van der Waals surface area (Å²) in [4.78, 5) is 12.8. The fraction of sp³-hybridized carbons (Fsp3) is 0.160. The summed E-state index contributed by atoms with van der Waals surface area (Å²) in [6, 6.07) is 24.3. The van der Waals surface area contributed by atoms with Crippen molar-refractivity contribution in [1.29, 1.82) is 0 Å². The van der Waals surface area contributed by atoms with Crippen LogP contribution in [-0.2, 0) is 21.4 Å². The maximum absolute atomic E-state index is 12.6. The van der Waals surface area contributed by atoms with Crippen molar-refractivity contribution in [2.45, 2.75) is 16.6 Å². The molecule has 11 heteroatoms. The first kappa shape index (κ1) is 24.0. The molecule has 5 aromatic rings. The van der Waals surface area contributed by atoms with Gasteiger partial charge < -0.3 is 9.88 Å². The first-order valence-corrected chi connectivity index (χ1v) is 13.6. The number of hydrogen-bond donors (Lipinski definition) is 1. The maximum atomic E-state index is 12.6. The van der Waals surface area contributed by atoms with Crippen LogP contribution in [0.5, 0.6) is 0 Å². The quantitative estimate of drug-likeness (QED) is 0.313. The number of hydrogen-bond acceptors (Lipinski definition) is 6.